The van der Waals surface area contributed by atoms with E-state index >= 15 is 0 Å². The summed E-state index contributed by atoms with van der Waals surface area (Å²) < 4.78 is 2.62. The van der Waals surface area contributed by atoms with Crippen LogP contribution in [0.1, 0.15) is 0 Å². The fourth-order valence-electron chi connectivity index (χ4n) is 17.5. The molecule has 0 unspecified atom stereocenters. The van der Waals surface area contributed by atoms with Gasteiger partial charge >= 0.3 is 0 Å². The van der Waals surface area contributed by atoms with Crippen LogP contribution in [0.15, 0.2) is 413 Å². The lowest BCUT2D eigenvalue weighted by Crippen LogP contribution is -2.61. The van der Waals surface area contributed by atoms with Crippen molar-refractivity contribution in [2.24, 2.45) is 0 Å². The van der Waals surface area contributed by atoms with Crippen LogP contribution >= 0.6 is 0 Å². The van der Waals surface area contributed by atoms with Gasteiger partial charge in [-0.25, -0.2) is 0 Å². The molecule has 0 spiro atoms. The summed E-state index contributed by atoms with van der Waals surface area (Å²) in [7, 11) is 0. The Balaban J connectivity index is 0.966. The van der Waals surface area contributed by atoms with Crippen LogP contribution in [-0.4, -0.2) is 11.3 Å². The highest BCUT2D eigenvalue weighted by Gasteiger charge is 2.46. The van der Waals surface area contributed by atoms with Crippen molar-refractivity contribution in [3.05, 3.63) is 413 Å². The summed E-state index contributed by atoms with van der Waals surface area (Å²) in [6.07, 6.45) is 0. The lowest BCUT2D eigenvalue weighted by molar-refractivity contribution is 1.16. The predicted octanol–water partition coefficient (Wildman–Crippen LogP) is 26.2. The van der Waals surface area contributed by atoms with E-state index in [2.05, 4.69) is 427 Å². The number of anilines is 6. The van der Waals surface area contributed by atoms with Crippen molar-refractivity contribution in [1.29, 1.82) is 0 Å². The minimum absolute atomic E-state index is 0.301. The van der Waals surface area contributed by atoms with Gasteiger partial charge in [-0.15, -0.1) is 0 Å². The first-order valence-electron chi connectivity index (χ1n) is 37.4. The summed E-state index contributed by atoms with van der Waals surface area (Å²) in [6, 6.07) is 155. The SMILES string of the molecule is c1ccc(-c2ccc3c(c2)B2c4cc(-c5ccccc5)ccc4N(c4c(-c5ccccc5)cc(-c5ccccc5)cc4-c4ccccc4)c4cc(-n5c6ccc(-c7ccc8ccccc8c7)cc6c6ccc7ccccc7c65)cc(c42)N3c2c(-c3ccccc3)cc(-c3ccccc3)cc2-c2ccccc2)cc1. The van der Waals surface area contributed by atoms with E-state index in [1.54, 1.807) is 0 Å². The molecule has 502 valence electrons. The lowest BCUT2D eigenvalue weighted by Gasteiger charge is -2.46. The summed E-state index contributed by atoms with van der Waals surface area (Å²) >= 11 is 0. The molecule has 0 atom stereocenters. The molecule has 0 fully saturated rings. The third-order valence-electron chi connectivity index (χ3n) is 22.5. The molecule has 0 bridgehead atoms. The largest absolute Gasteiger partial charge is 0.310 e. The Kier molecular flexibility index (Phi) is 15.0. The van der Waals surface area contributed by atoms with Gasteiger partial charge in [0.05, 0.1) is 28.1 Å². The van der Waals surface area contributed by atoms with Gasteiger partial charge in [0.25, 0.3) is 6.71 Å². The van der Waals surface area contributed by atoms with E-state index in [1.807, 2.05) is 0 Å². The first-order chi connectivity index (χ1) is 53.6. The standard InChI is InChI=1S/C104H68BN3/c1-9-29-69(30-10-1)82-53-57-97-94(65-82)105-95-66-83(70-31-11-2-12-32-70)54-58-98(95)108(104-91(76-42-21-7-22-43-76)63-85(72-35-15-4-16-36-72)64-92(104)77-44-23-8-24-45-77)100-68-86(106-96-56-52-81(80-50-49-73-37-25-26-47-79(73)59-80)60-93(96)88-55-51-78-46-27-28-48-87(78)102(88)106)67-99(101(100)105)107(97)103-89(74-38-17-5-18-39-74)61-84(71-33-13-3-14-34-71)62-90(103)75-40-19-6-20-41-75/h1-68H. The number of nitrogens with zero attached hydrogens (tertiary/aromatic N) is 3. The van der Waals surface area contributed by atoms with Crippen molar-refractivity contribution in [1.82, 2.24) is 4.57 Å². The Bertz CT molecular complexity index is 6290. The molecule has 2 aliphatic heterocycles. The minimum atomic E-state index is -0.301. The number of hydrogen-bond donors (Lipinski definition) is 0. The van der Waals surface area contributed by atoms with Crippen LogP contribution in [0.25, 0.3) is 149 Å². The zero-order valence-electron chi connectivity index (χ0n) is 59.2. The van der Waals surface area contributed by atoms with Crippen LogP contribution in [0.5, 0.6) is 0 Å². The van der Waals surface area contributed by atoms with E-state index in [0.29, 0.717) is 0 Å². The quantitative estimate of drug-likeness (QED) is 0.113. The first-order valence-corrected chi connectivity index (χ1v) is 37.4. The van der Waals surface area contributed by atoms with Crippen LogP contribution in [0, 0.1) is 0 Å². The molecule has 2 aliphatic rings. The Morgan fingerprint density at radius 3 is 0.981 bits per heavy atom. The van der Waals surface area contributed by atoms with E-state index < -0.39 is 0 Å². The predicted molar refractivity (Wildman–Crippen MR) is 459 cm³/mol. The van der Waals surface area contributed by atoms with Crippen molar-refractivity contribution in [2.45, 2.75) is 0 Å². The molecular formula is C104H68BN3. The van der Waals surface area contributed by atoms with Crippen LogP contribution < -0.4 is 26.2 Å². The van der Waals surface area contributed by atoms with Gasteiger partial charge in [-0.2, -0.15) is 0 Å². The van der Waals surface area contributed by atoms with Gasteiger partial charge in [0, 0.05) is 61.2 Å². The van der Waals surface area contributed by atoms with E-state index in [0.717, 1.165) is 140 Å². The van der Waals surface area contributed by atoms with Crippen molar-refractivity contribution in [2.75, 3.05) is 9.80 Å². The van der Waals surface area contributed by atoms with Gasteiger partial charge in [-0.05, 0) is 177 Å². The Morgan fingerprint density at radius 1 is 0.194 bits per heavy atom. The summed E-state index contributed by atoms with van der Waals surface area (Å²) in [5.74, 6) is 0. The minimum Gasteiger partial charge on any atom is -0.310 e. The van der Waals surface area contributed by atoms with E-state index in [-0.39, 0.29) is 6.71 Å². The molecule has 19 aromatic rings. The number of aromatic nitrogens is 1. The monoisotopic (exact) mass is 1370 g/mol. The smallest absolute Gasteiger partial charge is 0.252 e. The average Bonchev–Trinajstić information content (AvgIpc) is 0.849. The van der Waals surface area contributed by atoms with Crippen LogP contribution in [0.2, 0.25) is 0 Å². The fraction of sp³-hybridized carbons (Fsp3) is 0. The highest BCUT2D eigenvalue weighted by molar-refractivity contribution is 7.00. The van der Waals surface area contributed by atoms with Crippen LogP contribution in [0.3, 0.4) is 0 Å². The summed E-state index contributed by atoms with van der Waals surface area (Å²) in [5, 5.41) is 7.16. The Labute approximate surface area is 629 Å². The highest BCUT2D eigenvalue weighted by Crippen LogP contribution is 2.56. The third-order valence-corrected chi connectivity index (χ3v) is 22.5. The molecule has 0 N–H and O–H groups in total. The van der Waals surface area contributed by atoms with E-state index in [4.69, 9.17) is 0 Å². The van der Waals surface area contributed by atoms with E-state index in [1.165, 1.54) is 59.8 Å². The molecule has 4 heteroatoms. The van der Waals surface area contributed by atoms with Gasteiger partial charge in [0.15, 0.2) is 0 Å². The number of hydrogen-bond acceptors (Lipinski definition) is 2. The van der Waals surface area contributed by atoms with Gasteiger partial charge < -0.3 is 14.4 Å². The topological polar surface area (TPSA) is 11.4 Å². The summed E-state index contributed by atoms with van der Waals surface area (Å²) in [5.41, 5.74) is 34.0. The maximum Gasteiger partial charge on any atom is 0.252 e. The third kappa shape index (κ3) is 10.5. The number of benzene rings is 18. The zero-order chi connectivity index (χ0) is 71.2. The molecule has 108 heavy (non-hydrogen) atoms. The molecule has 0 saturated carbocycles. The van der Waals surface area contributed by atoms with Gasteiger partial charge in [-0.3, -0.25) is 0 Å². The average molecular weight is 1370 g/mol. The fourth-order valence-corrected chi connectivity index (χ4v) is 17.5. The summed E-state index contributed by atoms with van der Waals surface area (Å²) in [4.78, 5) is 5.40. The normalized spacial score (nSPS) is 12.2. The lowest BCUT2D eigenvalue weighted by atomic mass is 9.33. The van der Waals surface area contributed by atoms with Gasteiger partial charge in [-0.1, -0.05) is 346 Å². The molecule has 0 radical (unpaired) electrons. The second-order valence-electron chi connectivity index (χ2n) is 28.6. The zero-order valence-corrected chi connectivity index (χ0v) is 59.2. The Morgan fingerprint density at radius 2 is 0.537 bits per heavy atom. The maximum atomic E-state index is 2.70. The van der Waals surface area contributed by atoms with Crippen molar-refractivity contribution >= 4 is 101 Å². The molecule has 0 amide bonds. The second kappa shape index (κ2) is 26.0. The highest BCUT2D eigenvalue weighted by atomic mass is 15.2. The molecule has 18 aromatic carbocycles. The number of rotatable bonds is 12. The molecule has 3 nitrogen and oxygen atoms in total. The second-order valence-corrected chi connectivity index (χ2v) is 28.6. The molecule has 3 heterocycles. The molecular weight excluding hydrogens is 1300 g/mol. The van der Waals surface area contributed by atoms with Gasteiger partial charge in [0.2, 0.25) is 0 Å². The van der Waals surface area contributed by atoms with Crippen molar-refractivity contribution in [3.63, 3.8) is 0 Å². The van der Waals surface area contributed by atoms with Crippen LogP contribution in [0.4, 0.5) is 34.1 Å². The van der Waals surface area contributed by atoms with E-state index in [9.17, 15) is 0 Å². The maximum absolute atomic E-state index is 2.70. The Hall–Kier alpha value is -14.1. The molecule has 0 aliphatic carbocycles. The molecule has 1 aromatic heterocycles. The summed E-state index contributed by atoms with van der Waals surface area (Å²) in [6.45, 7) is -0.301. The van der Waals surface area contributed by atoms with Crippen molar-refractivity contribution < 1.29 is 0 Å². The molecule has 0 saturated heterocycles. The molecule has 21 rings (SSSR count). The van der Waals surface area contributed by atoms with Crippen molar-refractivity contribution in [3.8, 4) is 106 Å². The van der Waals surface area contributed by atoms with Gasteiger partial charge in [0.1, 0.15) is 0 Å². The van der Waals surface area contributed by atoms with Crippen LogP contribution in [-0.2, 0) is 0 Å². The number of fused-ring (bicyclic) bond motifs is 10. The first kappa shape index (κ1) is 62.5.